The molecule has 6 heteroatoms. The van der Waals surface area contributed by atoms with Crippen LogP contribution in [0.3, 0.4) is 0 Å². The van der Waals surface area contributed by atoms with Crippen LogP contribution in [0, 0.1) is 0 Å². The zero-order valence-corrected chi connectivity index (χ0v) is 13.2. The van der Waals surface area contributed by atoms with Gasteiger partial charge in [0.2, 0.25) is 0 Å². The van der Waals surface area contributed by atoms with E-state index in [4.69, 9.17) is 26.2 Å². The Balaban J connectivity index is 1.98. The van der Waals surface area contributed by atoms with Gasteiger partial charge < -0.3 is 14.6 Å². The summed E-state index contributed by atoms with van der Waals surface area (Å²) in [6.07, 6.45) is 0. The third kappa shape index (κ3) is 4.37. The van der Waals surface area contributed by atoms with Crippen LogP contribution in [-0.2, 0) is 0 Å². The Bertz CT molecular complexity index is 631. The van der Waals surface area contributed by atoms with E-state index in [-0.39, 0.29) is 17.9 Å². The third-order valence-corrected chi connectivity index (χ3v) is 3.39. The third-order valence-electron chi connectivity index (χ3n) is 2.58. The summed E-state index contributed by atoms with van der Waals surface area (Å²) in [4.78, 5) is 11.2. The van der Waals surface area contributed by atoms with Crippen molar-refractivity contribution >= 4 is 33.5 Å². The van der Waals surface area contributed by atoms with Gasteiger partial charge in [0, 0.05) is 5.02 Å². The van der Waals surface area contributed by atoms with Gasteiger partial charge in [-0.2, -0.15) is 0 Å². The summed E-state index contributed by atoms with van der Waals surface area (Å²) in [6, 6.07) is 12.2. The second-order valence-electron chi connectivity index (χ2n) is 4.08. The van der Waals surface area contributed by atoms with Crippen molar-refractivity contribution in [1.29, 1.82) is 0 Å². The first-order chi connectivity index (χ1) is 10.1. The lowest BCUT2D eigenvalue weighted by Crippen LogP contribution is -2.11. The molecule has 0 saturated heterocycles. The number of benzene rings is 2. The number of rotatable bonds is 6. The smallest absolute Gasteiger partial charge is 0.339 e. The quantitative estimate of drug-likeness (QED) is 0.771. The Labute approximate surface area is 135 Å². The molecule has 2 aromatic rings. The summed E-state index contributed by atoms with van der Waals surface area (Å²) in [5.74, 6) is -0.129. The molecule has 0 aliphatic heterocycles. The fourth-order valence-corrected chi connectivity index (χ4v) is 2.61. The van der Waals surface area contributed by atoms with E-state index in [1.54, 1.807) is 6.07 Å². The molecule has 110 valence electrons. The van der Waals surface area contributed by atoms with Crippen molar-refractivity contribution in [2.75, 3.05) is 13.2 Å². The standard InChI is InChI=1S/C15H12BrClO4/c16-13-9-10(17)8-12(15(18)19)14(13)21-7-6-20-11-4-2-1-3-5-11/h1-5,8-9H,6-7H2,(H,18,19). The molecule has 0 atom stereocenters. The fraction of sp³-hybridized carbons (Fsp3) is 0.133. The number of carbonyl (C=O) groups is 1. The highest BCUT2D eigenvalue weighted by atomic mass is 79.9. The Hall–Kier alpha value is -1.72. The second kappa shape index (κ2) is 7.33. The van der Waals surface area contributed by atoms with Gasteiger partial charge in [0.1, 0.15) is 30.3 Å². The van der Waals surface area contributed by atoms with Crippen LogP contribution in [0.4, 0.5) is 0 Å². The minimum Gasteiger partial charge on any atom is -0.490 e. The van der Waals surface area contributed by atoms with E-state index in [2.05, 4.69) is 15.9 Å². The van der Waals surface area contributed by atoms with Crippen LogP contribution in [0.2, 0.25) is 5.02 Å². The van der Waals surface area contributed by atoms with E-state index >= 15 is 0 Å². The number of halogens is 2. The largest absolute Gasteiger partial charge is 0.490 e. The molecule has 0 aliphatic carbocycles. The molecule has 0 bridgehead atoms. The van der Waals surface area contributed by atoms with E-state index in [1.807, 2.05) is 30.3 Å². The van der Waals surface area contributed by atoms with Gasteiger partial charge in [-0.05, 0) is 40.2 Å². The van der Waals surface area contributed by atoms with Crippen LogP contribution in [0.5, 0.6) is 11.5 Å². The maximum Gasteiger partial charge on any atom is 0.339 e. The lowest BCUT2D eigenvalue weighted by molar-refractivity contribution is 0.0691. The lowest BCUT2D eigenvalue weighted by atomic mass is 10.2. The molecule has 0 radical (unpaired) electrons. The van der Waals surface area contributed by atoms with Crippen molar-refractivity contribution in [3.05, 3.63) is 57.5 Å². The summed E-state index contributed by atoms with van der Waals surface area (Å²) in [6.45, 7) is 0.521. The van der Waals surface area contributed by atoms with Gasteiger partial charge in [-0.3, -0.25) is 0 Å². The maximum atomic E-state index is 11.2. The van der Waals surface area contributed by atoms with E-state index < -0.39 is 5.97 Å². The molecule has 0 aliphatic rings. The van der Waals surface area contributed by atoms with Crippen LogP contribution < -0.4 is 9.47 Å². The molecular weight excluding hydrogens is 360 g/mol. The Morgan fingerprint density at radius 2 is 1.81 bits per heavy atom. The predicted octanol–water partition coefficient (Wildman–Crippen LogP) is 4.26. The summed E-state index contributed by atoms with van der Waals surface area (Å²) < 4.78 is 11.5. The highest BCUT2D eigenvalue weighted by Gasteiger charge is 2.16. The van der Waals surface area contributed by atoms with Gasteiger partial charge in [0.15, 0.2) is 0 Å². The summed E-state index contributed by atoms with van der Waals surface area (Å²) in [7, 11) is 0. The molecule has 0 aromatic heterocycles. The molecule has 2 rings (SSSR count). The highest BCUT2D eigenvalue weighted by molar-refractivity contribution is 9.10. The van der Waals surface area contributed by atoms with Crippen molar-refractivity contribution in [2.24, 2.45) is 0 Å². The van der Waals surface area contributed by atoms with E-state index in [0.29, 0.717) is 16.1 Å². The van der Waals surface area contributed by atoms with Crippen molar-refractivity contribution in [3.63, 3.8) is 0 Å². The average Bonchev–Trinajstić information content (AvgIpc) is 2.45. The minimum atomic E-state index is -1.10. The predicted molar refractivity (Wildman–Crippen MR) is 83.5 cm³/mol. The van der Waals surface area contributed by atoms with Crippen LogP contribution in [0.25, 0.3) is 0 Å². The first-order valence-corrected chi connectivity index (χ1v) is 7.28. The normalized spacial score (nSPS) is 10.2. The van der Waals surface area contributed by atoms with Crippen LogP contribution >= 0.6 is 27.5 Å². The maximum absolute atomic E-state index is 11.2. The minimum absolute atomic E-state index is 0.00841. The second-order valence-corrected chi connectivity index (χ2v) is 5.37. The molecule has 0 spiro atoms. The number of para-hydroxylation sites is 1. The lowest BCUT2D eigenvalue weighted by Gasteiger charge is -2.12. The zero-order chi connectivity index (χ0) is 15.2. The van der Waals surface area contributed by atoms with Crippen LogP contribution in [0.15, 0.2) is 46.9 Å². The molecule has 0 fully saturated rings. The molecule has 0 heterocycles. The van der Waals surface area contributed by atoms with E-state index in [1.165, 1.54) is 6.07 Å². The number of carboxylic acids is 1. The first kappa shape index (κ1) is 15.7. The Morgan fingerprint density at radius 3 is 2.48 bits per heavy atom. The summed E-state index contributed by atoms with van der Waals surface area (Å²) in [5, 5.41) is 9.48. The van der Waals surface area contributed by atoms with Crippen molar-refractivity contribution in [2.45, 2.75) is 0 Å². The summed E-state index contributed by atoms with van der Waals surface area (Å²) in [5.41, 5.74) is 0.00841. The molecule has 0 unspecified atom stereocenters. The van der Waals surface area contributed by atoms with Crippen molar-refractivity contribution in [1.82, 2.24) is 0 Å². The first-order valence-electron chi connectivity index (χ1n) is 6.11. The average molecular weight is 372 g/mol. The van der Waals surface area contributed by atoms with Gasteiger partial charge in [0.05, 0.1) is 4.47 Å². The monoisotopic (exact) mass is 370 g/mol. The molecule has 0 amide bonds. The molecule has 2 aromatic carbocycles. The van der Waals surface area contributed by atoms with E-state index in [9.17, 15) is 4.79 Å². The van der Waals surface area contributed by atoms with Gasteiger partial charge in [-0.25, -0.2) is 4.79 Å². The number of ether oxygens (including phenoxy) is 2. The van der Waals surface area contributed by atoms with E-state index in [0.717, 1.165) is 5.75 Å². The van der Waals surface area contributed by atoms with Gasteiger partial charge in [-0.15, -0.1) is 0 Å². The molecule has 21 heavy (non-hydrogen) atoms. The molecule has 0 saturated carbocycles. The summed E-state index contributed by atoms with van der Waals surface area (Å²) >= 11 is 9.08. The Morgan fingerprint density at radius 1 is 1.14 bits per heavy atom. The van der Waals surface area contributed by atoms with Crippen molar-refractivity contribution < 1.29 is 19.4 Å². The van der Waals surface area contributed by atoms with Gasteiger partial charge in [0.25, 0.3) is 0 Å². The van der Waals surface area contributed by atoms with Crippen molar-refractivity contribution in [3.8, 4) is 11.5 Å². The number of hydrogen-bond acceptors (Lipinski definition) is 3. The van der Waals surface area contributed by atoms with Crippen LogP contribution in [0.1, 0.15) is 10.4 Å². The topological polar surface area (TPSA) is 55.8 Å². The van der Waals surface area contributed by atoms with Gasteiger partial charge in [-0.1, -0.05) is 29.8 Å². The highest BCUT2D eigenvalue weighted by Crippen LogP contribution is 2.32. The van der Waals surface area contributed by atoms with Crippen LogP contribution in [-0.4, -0.2) is 24.3 Å². The molecule has 1 N–H and O–H groups in total. The Kier molecular flexibility index (Phi) is 5.47. The fourth-order valence-electron chi connectivity index (χ4n) is 1.69. The number of hydrogen-bond donors (Lipinski definition) is 1. The number of aromatic carboxylic acids is 1. The number of carboxylic acid groups (broad SMARTS) is 1. The molecule has 4 nitrogen and oxygen atoms in total. The zero-order valence-electron chi connectivity index (χ0n) is 10.9. The van der Waals surface area contributed by atoms with Gasteiger partial charge >= 0.3 is 5.97 Å². The molecular formula is C15H12BrClO4. The SMILES string of the molecule is O=C(O)c1cc(Cl)cc(Br)c1OCCOc1ccccc1.